The molecule has 0 radical (unpaired) electrons. The zero-order valence-electron chi connectivity index (χ0n) is 8.71. The highest BCUT2D eigenvalue weighted by atomic mass is 16.1. The van der Waals surface area contributed by atoms with Gasteiger partial charge in [-0.05, 0) is 24.6 Å². The molecule has 0 aliphatic heterocycles. The average molecular weight is 202 g/mol. The molecule has 0 bridgehead atoms. The molecule has 0 atom stereocenters. The van der Waals surface area contributed by atoms with Gasteiger partial charge in [0.2, 0.25) is 5.91 Å². The fourth-order valence-corrected chi connectivity index (χ4v) is 1.18. The molecule has 1 amide bonds. The maximum atomic E-state index is 11.4. The van der Waals surface area contributed by atoms with Crippen LogP contribution in [0.1, 0.15) is 5.56 Å². The highest BCUT2D eigenvalue weighted by Crippen LogP contribution is 2.08. The lowest BCUT2D eigenvalue weighted by Gasteiger charge is -2.05. The number of aryl methyl sites for hydroxylation is 1. The Bertz CT molecular complexity index is 379. The number of hydrogen-bond acceptors (Lipinski definition) is 2. The van der Waals surface area contributed by atoms with E-state index in [-0.39, 0.29) is 12.5 Å². The van der Waals surface area contributed by atoms with Crippen LogP contribution in [0.4, 0.5) is 5.69 Å². The molecule has 0 fully saturated rings. The molecule has 15 heavy (non-hydrogen) atoms. The Morgan fingerprint density at radius 1 is 1.53 bits per heavy atom. The molecule has 0 heterocycles. The minimum atomic E-state index is -0.0872. The van der Waals surface area contributed by atoms with Crippen molar-refractivity contribution in [2.45, 2.75) is 6.92 Å². The van der Waals surface area contributed by atoms with E-state index < -0.39 is 0 Å². The summed E-state index contributed by atoms with van der Waals surface area (Å²) in [6.45, 7) is 2.62. The number of carbonyl (C=O) groups is 1. The van der Waals surface area contributed by atoms with E-state index in [0.29, 0.717) is 6.54 Å². The molecule has 78 valence electrons. The molecule has 0 aromatic heterocycles. The maximum absolute atomic E-state index is 11.4. The SMILES string of the molecule is C#CCNCC(=O)Nc1cccc(C)c1. The zero-order chi connectivity index (χ0) is 11.1. The van der Waals surface area contributed by atoms with Gasteiger partial charge in [-0.25, -0.2) is 0 Å². The van der Waals surface area contributed by atoms with Crippen LogP contribution in [0.25, 0.3) is 0 Å². The van der Waals surface area contributed by atoms with Crippen molar-refractivity contribution in [1.29, 1.82) is 0 Å². The van der Waals surface area contributed by atoms with Crippen LogP contribution in [-0.4, -0.2) is 19.0 Å². The van der Waals surface area contributed by atoms with E-state index in [1.807, 2.05) is 31.2 Å². The number of benzene rings is 1. The standard InChI is InChI=1S/C12H14N2O/c1-3-7-13-9-12(15)14-11-6-4-5-10(2)8-11/h1,4-6,8,13H,7,9H2,2H3,(H,14,15). The van der Waals surface area contributed by atoms with Crippen molar-refractivity contribution in [3.63, 3.8) is 0 Å². The molecule has 0 unspecified atom stereocenters. The molecule has 3 heteroatoms. The first-order valence-electron chi connectivity index (χ1n) is 4.73. The molecule has 0 saturated heterocycles. The smallest absolute Gasteiger partial charge is 0.238 e. The Labute approximate surface area is 89.9 Å². The fourth-order valence-electron chi connectivity index (χ4n) is 1.18. The number of nitrogens with one attached hydrogen (secondary N) is 2. The van der Waals surface area contributed by atoms with Gasteiger partial charge >= 0.3 is 0 Å². The van der Waals surface area contributed by atoms with Gasteiger partial charge in [-0.2, -0.15) is 0 Å². The lowest BCUT2D eigenvalue weighted by Crippen LogP contribution is -2.28. The molecule has 3 nitrogen and oxygen atoms in total. The van der Waals surface area contributed by atoms with Crippen LogP contribution in [0, 0.1) is 19.3 Å². The van der Waals surface area contributed by atoms with Crippen LogP contribution in [0.5, 0.6) is 0 Å². The summed E-state index contributed by atoms with van der Waals surface area (Å²) in [7, 11) is 0. The highest BCUT2D eigenvalue weighted by molar-refractivity contribution is 5.92. The van der Waals surface area contributed by atoms with Crippen LogP contribution < -0.4 is 10.6 Å². The quantitative estimate of drug-likeness (QED) is 0.568. The van der Waals surface area contributed by atoms with Crippen molar-refractivity contribution in [3.8, 4) is 12.3 Å². The van der Waals surface area contributed by atoms with Crippen LogP contribution in [0.15, 0.2) is 24.3 Å². The third-order valence-electron chi connectivity index (χ3n) is 1.81. The summed E-state index contributed by atoms with van der Waals surface area (Å²) < 4.78 is 0. The van der Waals surface area contributed by atoms with Crippen LogP contribution in [0.3, 0.4) is 0 Å². The summed E-state index contributed by atoms with van der Waals surface area (Å²) in [5, 5.41) is 5.59. The van der Waals surface area contributed by atoms with Crippen LogP contribution >= 0.6 is 0 Å². The first-order valence-corrected chi connectivity index (χ1v) is 4.73. The van der Waals surface area contributed by atoms with Crippen molar-refractivity contribution in [1.82, 2.24) is 5.32 Å². The molecule has 0 spiro atoms. The second-order valence-electron chi connectivity index (χ2n) is 3.23. The Morgan fingerprint density at radius 3 is 3.00 bits per heavy atom. The summed E-state index contributed by atoms with van der Waals surface area (Å²) in [5.74, 6) is 2.32. The van der Waals surface area contributed by atoms with E-state index in [0.717, 1.165) is 11.3 Å². The number of rotatable bonds is 4. The lowest BCUT2D eigenvalue weighted by molar-refractivity contribution is -0.115. The summed E-state index contributed by atoms with van der Waals surface area (Å²) in [5.41, 5.74) is 1.92. The molecule has 1 aromatic rings. The summed E-state index contributed by atoms with van der Waals surface area (Å²) in [6, 6.07) is 7.65. The average Bonchev–Trinajstić information content (AvgIpc) is 2.18. The molecular formula is C12H14N2O. The number of carbonyl (C=O) groups excluding carboxylic acids is 1. The Hall–Kier alpha value is -1.79. The lowest BCUT2D eigenvalue weighted by atomic mass is 10.2. The van der Waals surface area contributed by atoms with Crippen LogP contribution in [0.2, 0.25) is 0 Å². The van der Waals surface area contributed by atoms with Gasteiger partial charge in [0, 0.05) is 5.69 Å². The third kappa shape index (κ3) is 4.30. The normalized spacial score (nSPS) is 9.33. The van der Waals surface area contributed by atoms with Gasteiger partial charge in [-0.1, -0.05) is 18.1 Å². The summed E-state index contributed by atoms with van der Waals surface area (Å²) >= 11 is 0. The molecular weight excluding hydrogens is 188 g/mol. The maximum Gasteiger partial charge on any atom is 0.238 e. The minimum absolute atomic E-state index is 0.0872. The number of hydrogen-bond donors (Lipinski definition) is 2. The molecule has 2 N–H and O–H groups in total. The first-order chi connectivity index (χ1) is 7.22. The van der Waals surface area contributed by atoms with Gasteiger partial charge in [0.15, 0.2) is 0 Å². The van der Waals surface area contributed by atoms with E-state index in [4.69, 9.17) is 6.42 Å². The van der Waals surface area contributed by atoms with Gasteiger partial charge in [0.05, 0.1) is 13.1 Å². The second kappa shape index (κ2) is 5.84. The largest absolute Gasteiger partial charge is 0.325 e. The van der Waals surface area contributed by atoms with Crippen LogP contribution in [-0.2, 0) is 4.79 Å². The van der Waals surface area contributed by atoms with Crippen molar-refractivity contribution in [2.75, 3.05) is 18.4 Å². The Kier molecular flexibility index (Phi) is 4.39. The van der Waals surface area contributed by atoms with Gasteiger partial charge < -0.3 is 5.32 Å². The van der Waals surface area contributed by atoms with Gasteiger partial charge in [0.1, 0.15) is 0 Å². The van der Waals surface area contributed by atoms with E-state index in [2.05, 4.69) is 16.6 Å². The predicted octanol–water partition coefficient (Wildman–Crippen LogP) is 1.16. The van der Waals surface area contributed by atoms with Gasteiger partial charge in [0.25, 0.3) is 0 Å². The monoisotopic (exact) mass is 202 g/mol. The van der Waals surface area contributed by atoms with E-state index in [1.165, 1.54) is 0 Å². The number of amides is 1. The molecule has 0 saturated carbocycles. The predicted molar refractivity (Wildman–Crippen MR) is 61.5 cm³/mol. The zero-order valence-corrected chi connectivity index (χ0v) is 8.71. The number of anilines is 1. The van der Waals surface area contributed by atoms with Crippen molar-refractivity contribution >= 4 is 11.6 Å². The second-order valence-corrected chi connectivity index (χ2v) is 3.23. The van der Waals surface area contributed by atoms with Gasteiger partial charge in [-0.3, -0.25) is 10.1 Å². The first kappa shape index (κ1) is 11.3. The van der Waals surface area contributed by atoms with Crippen molar-refractivity contribution in [2.24, 2.45) is 0 Å². The van der Waals surface area contributed by atoms with Crippen molar-refractivity contribution in [3.05, 3.63) is 29.8 Å². The fraction of sp³-hybridized carbons (Fsp3) is 0.250. The van der Waals surface area contributed by atoms with E-state index in [1.54, 1.807) is 0 Å². The molecule has 0 aliphatic rings. The molecule has 0 aliphatic carbocycles. The number of terminal acetylenes is 1. The molecule has 1 aromatic carbocycles. The Morgan fingerprint density at radius 2 is 2.33 bits per heavy atom. The van der Waals surface area contributed by atoms with E-state index >= 15 is 0 Å². The summed E-state index contributed by atoms with van der Waals surface area (Å²) in [4.78, 5) is 11.4. The van der Waals surface area contributed by atoms with E-state index in [9.17, 15) is 4.79 Å². The summed E-state index contributed by atoms with van der Waals surface area (Å²) in [6.07, 6.45) is 5.04. The van der Waals surface area contributed by atoms with Crippen molar-refractivity contribution < 1.29 is 4.79 Å². The molecule has 1 rings (SSSR count). The van der Waals surface area contributed by atoms with Gasteiger partial charge in [-0.15, -0.1) is 6.42 Å². The third-order valence-corrected chi connectivity index (χ3v) is 1.81. The Balaban J connectivity index is 2.42. The topological polar surface area (TPSA) is 41.1 Å². The minimum Gasteiger partial charge on any atom is -0.325 e. The highest BCUT2D eigenvalue weighted by Gasteiger charge is 2.00.